The zero-order valence-corrected chi connectivity index (χ0v) is 27.3. The van der Waals surface area contributed by atoms with Crippen LogP contribution < -0.4 is 5.32 Å². The Morgan fingerprint density at radius 2 is 1.07 bits per heavy atom. The molecule has 0 aromatic rings. The quantitative estimate of drug-likeness (QED) is 0.0427. The Morgan fingerprint density at radius 3 is 1.52 bits per heavy atom. The van der Waals surface area contributed by atoms with Crippen LogP contribution in [0.1, 0.15) is 155 Å². The molecule has 1 atom stereocenters. The van der Waals surface area contributed by atoms with E-state index in [4.69, 9.17) is 19.3 Å². The third-order valence-corrected chi connectivity index (χ3v) is 7.56. The average molecular weight is 622 g/mol. The fraction of sp³-hybridized carbons (Fsp3) is 0.903. The number of phosphoric acid groups is 1. The van der Waals surface area contributed by atoms with Gasteiger partial charge in [0.25, 0.3) is 0 Å². The van der Waals surface area contributed by atoms with Crippen molar-refractivity contribution in [2.75, 3.05) is 19.8 Å². The number of unbranched alkanes of at least 4 members (excludes halogenated alkanes) is 18. The van der Waals surface area contributed by atoms with Crippen molar-refractivity contribution in [1.29, 1.82) is 0 Å². The Kier molecular flexibility index (Phi) is 27.3. The minimum Gasteiger partial charge on any atom is -0.462 e. The molecular weight excluding hydrogens is 561 g/mol. The molecule has 0 radical (unpaired) electrons. The van der Waals surface area contributed by atoms with E-state index in [1.807, 2.05) is 0 Å². The van der Waals surface area contributed by atoms with Gasteiger partial charge in [-0.1, -0.05) is 116 Å². The second-order valence-corrected chi connectivity index (χ2v) is 12.5. The van der Waals surface area contributed by atoms with E-state index >= 15 is 0 Å². The Bertz CT molecular complexity index is 729. The summed E-state index contributed by atoms with van der Waals surface area (Å²) in [6.07, 6.45) is 21.5. The van der Waals surface area contributed by atoms with Gasteiger partial charge >= 0.3 is 19.8 Å². The van der Waals surface area contributed by atoms with Crippen molar-refractivity contribution in [2.45, 2.75) is 161 Å². The lowest BCUT2D eigenvalue weighted by molar-refractivity contribution is -0.161. The molecule has 0 rings (SSSR count). The lowest BCUT2D eigenvalue weighted by atomic mass is 10.1. The molecule has 42 heavy (non-hydrogen) atoms. The number of carbonyl (C=O) groups excluding carboxylic acids is 3. The van der Waals surface area contributed by atoms with E-state index in [2.05, 4.69) is 16.8 Å². The third-order valence-electron chi connectivity index (χ3n) is 7.07. The summed E-state index contributed by atoms with van der Waals surface area (Å²) >= 11 is 0. The standard InChI is InChI=1S/C31H60NO9P/c1-3-4-5-6-7-8-11-15-18-21-24-31(35)41-29(27-40-42(36,37)38)26-39-30(34)23-20-17-14-12-9-10-13-16-19-22-25-32-28(2)33/h29H,3-27H2,1-2H3,(H,32,33)(H2,36,37,38)/t29-/m1/s1. The molecule has 10 nitrogen and oxygen atoms in total. The van der Waals surface area contributed by atoms with Crippen molar-refractivity contribution in [3.63, 3.8) is 0 Å². The Morgan fingerprint density at radius 1 is 0.643 bits per heavy atom. The van der Waals surface area contributed by atoms with E-state index in [0.29, 0.717) is 12.8 Å². The molecule has 0 saturated carbocycles. The van der Waals surface area contributed by atoms with E-state index in [0.717, 1.165) is 57.9 Å². The van der Waals surface area contributed by atoms with E-state index in [1.54, 1.807) is 0 Å². The van der Waals surface area contributed by atoms with Gasteiger partial charge in [0.05, 0.1) is 6.61 Å². The van der Waals surface area contributed by atoms with Crippen molar-refractivity contribution in [3.05, 3.63) is 0 Å². The first-order valence-corrected chi connectivity index (χ1v) is 18.0. The number of nitrogens with one attached hydrogen (secondary N) is 1. The normalized spacial score (nSPS) is 12.2. The molecule has 0 heterocycles. The van der Waals surface area contributed by atoms with Crippen molar-refractivity contribution < 1.29 is 42.7 Å². The number of carbonyl (C=O) groups is 3. The summed E-state index contributed by atoms with van der Waals surface area (Å²) in [6, 6.07) is 0. The Labute approximate surface area is 254 Å². The molecule has 0 fully saturated rings. The fourth-order valence-electron chi connectivity index (χ4n) is 4.63. The molecule has 0 saturated heterocycles. The van der Waals surface area contributed by atoms with Crippen molar-refractivity contribution >= 4 is 25.7 Å². The number of rotatable bonds is 30. The molecule has 0 aliphatic carbocycles. The van der Waals surface area contributed by atoms with E-state index in [1.165, 1.54) is 71.1 Å². The van der Waals surface area contributed by atoms with Crippen molar-refractivity contribution in [2.24, 2.45) is 0 Å². The average Bonchev–Trinajstić information content (AvgIpc) is 2.93. The van der Waals surface area contributed by atoms with Crippen LogP contribution in [0.5, 0.6) is 0 Å². The lowest BCUT2D eigenvalue weighted by Crippen LogP contribution is -2.29. The summed E-state index contributed by atoms with van der Waals surface area (Å²) in [6.45, 7) is 3.65. The molecule has 0 unspecified atom stereocenters. The lowest BCUT2D eigenvalue weighted by Gasteiger charge is -2.18. The molecule has 248 valence electrons. The zero-order valence-electron chi connectivity index (χ0n) is 26.5. The number of hydrogen-bond donors (Lipinski definition) is 3. The maximum atomic E-state index is 12.3. The van der Waals surface area contributed by atoms with Gasteiger partial charge in [-0.15, -0.1) is 0 Å². The third kappa shape index (κ3) is 31.5. The summed E-state index contributed by atoms with van der Waals surface area (Å²) in [7, 11) is -4.75. The molecule has 0 aromatic heterocycles. The largest absolute Gasteiger partial charge is 0.469 e. The summed E-state index contributed by atoms with van der Waals surface area (Å²) < 4.78 is 26.1. The van der Waals surface area contributed by atoms with Crippen LogP contribution in [0.25, 0.3) is 0 Å². The maximum absolute atomic E-state index is 12.3. The van der Waals surface area contributed by atoms with Gasteiger partial charge < -0.3 is 24.6 Å². The summed E-state index contributed by atoms with van der Waals surface area (Å²) in [5.41, 5.74) is 0. The van der Waals surface area contributed by atoms with E-state index < -0.39 is 32.5 Å². The van der Waals surface area contributed by atoms with Gasteiger partial charge in [-0.25, -0.2) is 4.57 Å². The minimum absolute atomic E-state index is 0.0239. The highest BCUT2D eigenvalue weighted by atomic mass is 31.2. The van der Waals surface area contributed by atoms with Crippen LogP contribution >= 0.6 is 7.82 Å². The van der Waals surface area contributed by atoms with E-state index in [9.17, 15) is 18.9 Å². The summed E-state index contributed by atoms with van der Waals surface area (Å²) in [5.74, 6) is -0.896. The highest BCUT2D eigenvalue weighted by molar-refractivity contribution is 7.46. The SMILES string of the molecule is CCCCCCCCCCCCC(=O)O[C@H](COC(=O)CCCCCCCCCCCCNC(C)=O)COP(=O)(O)O. The van der Waals surface area contributed by atoms with Gasteiger partial charge in [0.15, 0.2) is 6.10 Å². The van der Waals surface area contributed by atoms with Gasteiger partial charge in [0, 0.05) is 26.3 Å². The van der Waals surface area contributed by atoms with Crippen LogP contribution in [-0.4, -0.2) is 53.5 Å². The second kappa shape index (κ2) is 28.3. The fourth-order valence-corrected chi connectivity index (χ4v) is 4.99. The predicted molar refractivity (Wildman–Crippen MR) is 165 cm³/mol. The van der Waals surface area contributed by atoms with Gasteiger partial charge in [0.2, 0.25) is 5.91 Å². The Hall–Kier alpha value is -1.48. The van der Waals surface area contributed by atoms with Crippen LogP contribution in [0.4, 0.5) is 0 Å². The number of hydrogen-bond acceptors (Lipinski definition) is 7. The monoisotopic (exact) mass is 621 g/mol. The van der Waals surface area contributed by atoms with Gasteiger partial charge in [-0.3, -0.25) is 18.9 Å². The molecule has 0 aliphatic rings. The maximum Gasteiger partial charge on any atom is 0.469 e. The van der Waals surface area contributed by atoms with Gasteiger partial charge in [-0.05, 0) is 19.3 Å². The highest BCUT2D eigenvalue weighted by Gasteiger charge is 2.22. The molecule has 0 spiro atoms. The van der Waals surface area contributed by atoms with Crippen LogP contribution in [-0.2, 0) is 32.9 Å². The first-order chi connectivity index (χ1) is 20.1. The van der Waals surface area contributed by atoms with Crippen LogP contribution in [0.15, 0.2) is 0 Å². The molecule has 1 amide bonds. The van der Waals surface area contributed by atoms with Crippen LogP contribution in [0.2, 0.25) is 0 Å². The first-order valence-electron chi connectivity index (χ1n) is 16.4. The molecule has 3 N–H and O–H groups in total. The van der Waals surface area contributed by atoms with Crippen molar-refractivity contribution in [1.82, 2.24) is 5.32 Å². The van der Waals surface area contributed by atoms with Gasteiger partial charge in [0.1, 0.15) is 6.61 Å². The summed E-state index contributed by atoms with van der Waals surface area (Å²) in [5, 5.41) is 2.81. The first kappa shape index (κ1) is 40.5. The van der Waals surface area contributed by atoms with Crippen LogP contribution in [0.3, 0.4) is 0 Å². The zero-order chi connectivity index (χ0) is 31.3. The summed E-state index contributed by atoms with van der Waals surface area (Å²) in [4.78, 5) is 53.2. The van der Waals surface area contributed by atoms with E-state index in [-0.39, 0.29) is 25.4 Å². The number of ether oxygens (including phenoxy) is 2. The predicted octanol–water partition coefficient (Wildman–Crippen LogP) is 7.29. The molecule has 11 heteroatoms. The number of esters is 2. The van der Waals surface area contributed by atoms with Crippen LogP contribution in [0, 0.1) is 0 Å². The minimum atomic E-state index is -4.75. The molecular formula is C31H60NO9P. The Balaban J connectivity index is 3.97. The smallest absolute Gasteiger partial charge is 0.462 e. The molecule has 0 aliphatic heterocycles. The number of amides is 1. The van der Waals surface area contributed by atoms with Gasteiger partial charge in [-0.2, -0.15) is 0 Å². The second-order valence-electron chi connectivity index (χ2n) is 11.3. The highest BCUT2D eigenvalue weighted by Crippen LogP contribution is 2.35. The molecule has 0 aromatic carbocycles. The number of phosphoric ester groups is 1. The topological polar surface area (TPSA) is 148 Å². The molecule has 0 bridgehead atoms. The van der Waals surface area contributed by atoms with Crippen molar-refractivity contribution in [3.8, 4) is 0 Å².